The molecule has 2 aromatic heterocycles. The van der Waals surface area contributed by atoms with E-state index in [1.54, 1.807) is 23.5 Å². The van der Waals surface area contributed by atoms with Gasteiger partial charge in [0, 0.05) is 24.0 Å². The topological polar surface area (TPSA) is 80.9 Å². The highest BCUT2D eigenvalue weighted by atomic mass is 32.1. The van der Waals surface area contributed by atoms with Crippen molar-refractivity contribution < 1.29 is 13.7 Å². The van der Waals surface area contributed by atoms with Gasteiger partial charge in [-0.15, -0.1) is 11.3 Å². The van der Waals surface area contributed by atoms with Crippen molar-refractivity contribution in [1.82, 2.24) is 15.1 Å². The molecule has 0 saturated carbocycles. The first-order valence-electron chi connectivity index (χ1n) is 10.5. The Balaban J connectivity index is 1.20. The lowest BCUT2D eigenvalue weighted by molar-refractivity contribution is -0.116. The Labute approximate surface area is 193 Å². The largest absolute Gasteiger partial charge is 0.339 e. The summed E-state index contributed by atoms with van der Waals surface area (Å²) in [6.07, 6.45) is 1.34. The van der Waals surface area contributed by atoms with E-state index in [-0.39, 0.29) is 11.7 Å². The van der Waals surface area contributed by atoms with E-state index < -0.39 is 0 Å². The van der Waals surface area contributed by atoms with Gasteiger partial charge in [0.1, 0.15) is 10.8 Å². The molecule has 5 rings (SSSR count). The van der Waals surface area contributed by atoms with Crippen LogP contribution < -0.4 is 5.32 Å². The lowest BCUT2D eigenvalue weighted by Crippen LogP contribution is -2.12. The van der Waals surface area contributed by atoms with Crippen molar-refractivity contribution in [2.75, 3.05) is 5.32 Å². The summed E-state index contributed by atoms with van der Waals surface area (Å²) in [5.74, 6) is 0.427. The molecule has 0 saturated heterocycles. The number of nitrogens with zero attached hydrogens (tertiary/aromatic N) is 3. The fourth-order valence-electron chi connectivity index (χ4n) is 3.45. The number of thiazole rings is 1. The van der Waals surface area contributed by atoms with E-state index in [9.17, 15) is 9.18 Å². The van der Waals surface area contributed by atoms with E-state index in [0.717, 1.165) is 26.5 Å². The van der Waals surface area contributed by atoms with Crippen LogP contribution in [0.2, 0.25) is 0 Å². The SMILES string of the molecule is O=C(CCCc1nc(-c2ccc(F)cc2)no1)Nc1ccccc1-c1nc2ccccc2s1. The zero-order chi connectivity index (χ0) is 22.6. The van der Waals surface area contributed by atoms with Gasteiger partial charge in [0.15, 0.2) is 0 Å². The third kappa shape index (κ3) is 4.80. The normalized spacial score (nSPS) is 11.1. The first-order valence-corrected chi connectivity index (χ1v) is 11.3. The smallest absolute Gasteiger partial charge is 0.226 e. The van der Waals surface area contributed by atoms with Gasteiger partial charge in [0.05, 0.1) is 15.9 Å². The van der Waals surface area contributed by atoms with Crippen LogP contribution in [0.15, 0.2) is 77.3 Å². The second-order valence-corrected chi connectivity index (χ2v) is 8.48. The Morgan fingerprint density at radius 2 is 1.76 bits per heavy atom. The van der Waals surface area contributed by atoms with Gasteiger partial charge in [-0.1, -0.05) is 29.4 Å². The number of rotatable bonds is 7. The number of hydrogen-bond acceptors (Lipinski definition) is 6. The molecule has 0 aliphatic carbocycles. The van der Waals surface area contributed by atoms with Crippen LogP contribution in [-0.2, 0) is 11.2 Å². The van der Waals surface area contributed by atoms with Gasteiger partial charge >= 0.3 is 0 Å². The minimum Gasteiger partial charge on any atom is -0.339 e. The number of carbonyl (C=O) groups is 1. The van der Waals surface area contributed by atoms with Gasteiger partial charge in [0.25, 0.3) is 0 Å². The summed E-state index contributed by atoms with van der Waals surface area (Å²) in [7, 11) is 0. The first-order chi connectivity index (χ1) is 16.2. The van der Waals surface area contributed by atoms with Crippen molar-refractivity contribution in [3.05, 3.63) is 84.5 Å². The predicted octanol–water partition coefficient (Wildman–Crippen LogP) is 6.11. The van der Waals surface area contributed by atoms with Crippen LogP contribution in [0.25, 0.3) is 32.2 Å². The highest BCUT2D eigenvalue weighted by Crippen LogP contribution is 2.34. The molecule has 0 aliphatic heterocycles. The molecule has 0 atom stereocenters. The first kappa shape index (κ1) is 21.0. The number of aromatic nitrogens is 3. The molecule has 164 valence electrons. The second kappa shape index (κ2) is 9.30. The van der Waals surface area contributed by atoms with Crippen molar-refractivity contribution in [1.29, 1.82) is 0 Å². The molecule has 0 fully saturated rings. The quantitative estimate of drug-likeness (QED) is 0.318. The van der Waals surface area contributed by atoms with Crippen LogP contribution in [0.3, 0.4) is 0 Å². The van der Waals surface area contributed by atoms with E-state index in [1.165, 1.54) is 12.1 Å². The molecular formula is C25H19FN4O2S. The van der Waals surface area contributed by atoms with Crippen LogP contribution in [0.4, 0.5) is 10.1 Å². The molecule has 0 bridgehead atoms. The molecule has 5 aromatic rings. The predicted molar refractivity (Wildman–Crippen MR) is 126 cm³/mol. The summed E-state index contributed by atoms with van der Waals surface area (Å²) in [5, 5.41) is 7.80. The van der Waals surface area contributed by atoms with E-state index in [1.807, 2.05) is 48.5 Å². The van der Waals surface area contributed by atoms with Crippen LogP contribution in [0.5, 0.6) is 0 Å². The number of para-hydroxylation sites is 2. The van der Waals surface area contributed by atoms with Crippen LogP contribution >= 0.6 is 11.3 Å². The van der Waals surface area contributed by atoms with E-state index in [0.29, 0.717) is 36.5 Å². The second-order valence-electron chi connectivity index (χ2n) is 7.45. The summed E-state index contributed by atoms with van der Waals surface area (Å²) in [5.41, 5.74) is 3.25. The number of amides is 1. The average Bonchev–Trinajstić information content (AvgIpc) is 3.47. The molecule has 0 unspecified atom stereocenters. The third-order valence-corrected chi connectivity index (χ3v) is 6.16. The van der Waals surface area contributed by atoms with Crippen molar-refractivity contribution in [3.8, 4) is 22.0 Å². The fourth-order valence-corrected chi connectivity index (χ4v) is 4.46. The number of carbonyl (C=O) groups excluding carboxylic acids is 1. The summed E-state index contributed by atoms with van der Waals surface area (Å²) in [4.78, 5) is 21.6. The maximum Gasteiger partial charge on any atom is 0.226 e. The fraction of sp³-hybridized carbons (Fsp3) is 0.120. The van der Waals surface area contributed by atoms with Gasteiger partial charge < -0.3 is 9.84 Å². The minimum atomic E-state index is -0.321. The third-order valence-electron chi connectivity index (χ3n) is 5.09. The van der Waals surface area contributed by atoms with Gasteiger partial charge in [-0.3, -0.25) is 4.79 Å². The molecule has 0 aliphatic rings. The molecule has 1 N–H and O–H groups in total. The molecule has 0 radical (unpaired) electrons. The number of aryl methyl sites for hydroxylation is 1. The van der Waals surface area contributed by atoms with Gasteiger partial charge in [-0.05, 0) is 55.0 Å². The maximum atomic E-state index is 13.1. The summed E-state index contributed by atoms with van der Waals surface area (Å²) in [6, 6.07) is 21.5. The number of anilines is 1. The summed E-state index contributed by atoms with van der Waals surface area (Å²) in [6.45, 7) is 0. The van der Waals surface area contributed by atoms with E-state index in [2.05, 4.69) is 15.5 Å². The lowest BCUT2D eigenvalue weighted by atomic mass is 10.1. The Morgan fingerprint density at radius 3 is 2.61 bits per heavy atom. The molecule has 0 spiro atoms. The molecular weight excluding hydrogens is 439 g/mol. The van der Waals surface area contributed by atoms with Crippen LogP contribution in [-0.4, -0.2) is 21.0 Å². The number of benzene rings is 3. The van der Waals surface area contributed by atoms with Crippen molar-refractivity contribution >= 4 is 33.1 Å². The Morgan fingerprint density at radius 1 is 0.970 bits per heavy atom. The van der Waals surface area contributed by atoms with Crippen molar-refractivity contribution in [3.63, 3.8) is 0 Å². The zero-order valence-corrected chi connectivity index (χ0v) is 18.3. The molecule has 33 heavy (non-hydrogen) atoms. The van der Waals surface area contributed by atoms with Crippen LogP contribution in [0.1, 0.15) is 18.7 Å². The van der Waals surface area contributed by atoms with Gasteiger partial charge in [-0.2, -0.15) is 4.98 Å². The molecule has 3 aromatic carbocycles. The number of fused-ring (bicyclic) bond motifs is 1. The zero-order valence-electron chi connectivity index (χ0n) is 17.5. The van der Waals surface area contributed by atoms with E-state index in [4.69, 9.17) is 9.51 Å². The maximum absolute atomic E-state index is 13.1. The molecule has 2 heterocycles. The van der Waals surface area contributed by atoms with Crippen molar-refractivity contribution in [2.45, 2.75) is 19.3 Å². The monoisotopic (exact) mass is 458 g/mol. The van der Waals surface area contributed by atoms with E-state index >= 15 is 0 Å². The number of halogens is 1. The standard InChI is InChI=1S/C25H19FN4O2S/c26-17-14-12-16(13-15-17)24-29-23(32-30-24)11-5-10-22(31)27-19-7-2-1-6-18(19)25-28-20-8-3-4-9-21(20)33-25/h1-4,6-9,12-15H,5,10-11H2,(H,27,31). The van der Waals surface area contributed by atoms with Gasteiger partial charge in [-0.25, -0.2) is 9.37 Å². The Hall–Kier alpha value is -3.91. The molecule has 8 heteroatoms. The minimum absolute atomic E-state index is 0.0955. The summed E-state index contributed by atoms with van der Waals surface area (Å²) >= 11 is 1.60. The lowest BCUT2D eigenvalue weighted by Gasteiger charge is -2.09. The Kier molecular flexibility index (Phi) is 5.91. The average molecular weight is 459 g/mol. The summed E-state index contributed by atoms with van der Waals surface area (Å²) < 4.78 is 19.4. The number of hydrogen-bond donors (Lipinski definition) is 1. The Bertz CT molecular complexity index is 1380. The molecule has 6 nitrogen and oxygen atoms in total. The highest BCUT2D eigenvalue weighted by Gasteiger charge is 2.13. The van der Waals surface area contributed by atoms with Crippen molar-refractivity contribution in [2.24, 2.45) is 0 Å². The molecule has 1 amide bonds. The van der Waals surface area contributed by atoms with Gasteiger partial charge in [0.2, 0.25) is 17.6 Å². The van der Waals surface area contributed by atoms with Crippen LogP contribution in [0, 0.1) is 5.82 Å². The number of nitrogens with one attached hydrogen (secondary N) is 1. The highest BCUT2D eigenvalue weighted by molar-refractivity contribution is 7.21.